The summed E-state index contributed by atoms with van der Waals surface area (Å²) in [7, 11) is 0. The van der Waals surface area contributed by atoms with Crippen LogP contribution in [-0.4, -0.2) is 24.3 Å². The smallest absolute Gasteiger partial charge is 0.309 e. The quantitative estimate of drug-likeness (QED) is 0.621. The molecule has 1 aromatic carbocycles. The molecule has 1 saturated carbocycles. The van der Waals surface area contributed by atoms with Gasteiger partial charge in [0.1, 0.15) is 0 Å². The fraction of sp³-hybridized carbons (Fsp3) is 0.471. The summed E-state index contributed by atoms with van der Waals surface area (Å²) in [6, 6.07) is 6.59. The lowest BCUT2D eigenvalue weighted by molar-refractivity contribution is -0.144. The molecule has 0 aromatic heterocycles. The number of esters is 1. The minimum Gasteiger partial charge on any atom is -0.457 e. The number of hydrogen-bond acceptors (Lipinski definition) is 4. The number of amides is 1. The Labute approximate surface area is 130 Å². The van der Waals surface area contributed by atoms with Gasteiger partial charge in [0.05, 0.1) is 5.92 Å². The molecule has 0 saturated heterocycles. The molecule has 0 spiro atoms. The van der Waals surface area contributed by atoms with Crippen molar-refractivity contribution in [2.24, 2.45) is 11.8 Å². The Kier molecular flexibility index (Phi) is 5.31. The Hall–Kier alpha value is -2.17. The summed E-state index contributed by atoms with van der Waals surface area (Å²) < 4.78 is 5.02. The first-order valence-electron chi connectivity index (χ1n) is 7.61. The number of nitrogens with one attached hydrogen (secondary N) is 1. The predicted octanol–water partition coefficient (Wildman–Crippen LogP) is 2.81. The van der Waals surface area contributed by atoms with E-state index < -0.39 is 0 Å². The van der Waals surface area contributed by atoms with Crippen LogP contribution in [0.4, 0.5) is 5.69 Å². The van der Waals surface area contributed by atoms with Crippen LogP contribution >= 0.6 is 0 Å². The van der Waals surface area contributed by atoms with E-state index in [0.717, 1.165) is 12.8 Å². The maximum Gasteiger partial charge on any atom is 0.309 e. The van der Waals surface area contributed by atoms with E-state index in [0.29, 0.717) is 23.6 Å². The maximum atomic E-state index is 11.9. The average molecular weight is 303 g/mol. The first-order chi connectivity index (χ1) is 10.5. The van der Waals surface area contributed by atoms with Crippen LogP contribution in [0.2, 0.25) is 0 Å². The lowest BCUT2D eigenvalue weighted by Crippen LogP contribution is -2.16. The number of hydrogen-bond donors (Lipinski definition) is 1. The normalized spacial score (nSPS) is 19.4. The molecule has 0 aliphatic heterocycles. The number of ketones is 1. The zero-order chi connectivity index (χ0) is 16.1. The molecule has 0 bridgehead atoms. The first kappa shape index (κ1) is 16.2. The molecule has 2 atom stereocenters. The highest BCUT2D eigenvalue weighted by molar-refractivity contribution is 5.99. The molecule has 1 aliphatic rings. The van der Waals surface area contributed by atoms with E-state index in [9.17, 15) is 14.4 Å². The van der Waals surface area contributed by atoms with Crippen LogP contribution in [0.15, 0.2) is 24.3 Å². The van der Waals surface area contributed by atoms with Crippen LogP contribution in [0.5, 0.6) is 0 Å². The van der Waals surface area contributed by atoms with Crippen molar-refractivity contribution < 1.29 is 19.1 Å². The van der Waals surface area contributed by atoms with E-state index in [2.05, 4.69) is 5.32 Å². The van der Waals surface area contributed by atoms with Crippen LogP contribution in [0.25, 0.3) is 0 Å². The van der Waals surface area contributed by atoms with Gasteiger partial charge in [-0.05, 0) is 43.0 Å². The second-order valence-electron chi connectivity index (χ2n) is 5.73. The second kappa shape index (κ2) is 7.20. The topological polar surface area (TPSA) is 72.5 Å². The Morgan fingerprint density at radius 2 is 1.86 bits per heavy atom. The standard InChI is InChI=1S/C17H21NO4/c1-3-4-16(20)18-13-7-5-12(6-8-13)15(19)10-22-17(21)14-9-11(14)2/h5-8,11,14H,3-4,9-10H2,1-2H3,(H,18,20). The highest BCUT2D eigenvalue weighted by atomic mass is 16.5. The van der Waals surface area contributed by atoms with E-state index >= 15 is 0 Å². The predicted molar refractivity (Wildman–Crippen MR) is 82.5 cm³/mol. The van der Waals surface area contributed by atoms with Crippen molar-refractivity contribution in [1.82, 2.24) is 0 Å². The van der Waals surface area contributed by atoms with E-state index in [1.54, 1.807) is 24.3 Å². The molecule has 2 rings (SSSR count). The Balaban J connectivity index is 1.82. The van der Waals surface area contributed by atoms with Gasteiger partial charge in [-0.25, -0.2) is 0 Å². The van der Waals surface area contributed by atoms with Crippen LogP contribution in [0, 0.1) is 11.8 Å². The largest absolute Gasteiger partial charge is 0.457 e. The molecule has 22 heavy (non-hydrogen) atoms. The molecule has 0 radical (unpaired) electrons. The first-order valence-corrected chi connectivity index (χ1v) is 7.61. The summed E-state index contributed by atoms with van der Waals surface area (Å²) in [6.07, 6.45) is 2.10. The highest BCUT2D eigenvalue weighted by Gasteiger charge is 2.40. The van der Waals surface area contributed by atoms with Crippen molar-refractivity contribution in [3.05, 3.63) is 29.8 Å². The summed E-state index contributed by atoms with van der Waals surface area (Å²) in [4.78, 5) is 35.0. The third-order valence-electron chi connectivity index (χ3n) is 3.73. The molecule has 1 fully saturated rings. The fourth-order valence-electron chi connectivity index (χ4n) is 2.17. The molecule has 1 N–H and O–H groups in total. The van der Waals surface area contributed by atoms with E-state index in [1.807, 2.05) is 13.8 Å². The van der Waals surface area contributed by atoms with Crippen LogP contribution < -0.4 is 5.32 Å². The number of anilines is 1. The molecule has 118 valence electrons. The molecule has 2 unspecified atom stereocenters. The van der Waals surface area contributed by atoms with Gasteiger partial charge >= 0.3 is 5.97 Å². The Morgan fingerprint density at radius 1 is 1.23 bits per heavy atom. The van der Waals surface area contributed by atoms with E-state index in [-0.39, 0.29) is 30.2 Å². The minimum atomic E-state index is -0.288. The highest BCUT2D eigenvalue weighted by Crippen LogP contribution is 2.38. The van der Waals surface area contributed by atoms with Gasteiger partial charge in [0.25, 0.3) is 0 Å². The van der Waals surface area contributed by atoms with Crippen molar-refractivity contribution in [3.63, 3.8) is 0 Å². The molecule has 1 amide bonds. The molecular formula is C17H21NO4. The molecule has 1 aliphatic carbocycles. The van der Waals surface area contributed by atoms with Crippen LogP contribution in [0.3, 0.4) is 0 Å². The Bertz CT molecular complexity index is 565. The average Bonchev–Trinajstić information content (AvgIpc) is 3.22. The maximum absolute atomic E-state index is 11.9. The summed E-state index contributed by atoms with van der Waals surface area (Å²) in [5.74, 6) is -0.246. The van der Waals surface area contributed by atoms with Gasteiger partial charge in [-0.1, -0.05) is 13.8 Å². The van der Waals surface area contributed by atoms with Crippen LogP contribution in [-0.2, 0) is 14.3 Å². The number of carbonyl (C=O) groups excluding carboxylic acids is 3. The van der Waals surface area contributed by atoms with Crippen molar-refractivity contribution >= 4 is 23.3 Å². The van der Waals surface area contributed by atoms with Crippen molar-refractivity contribution in [1.29, 1.82) is 0 Å². The monoisotopic (exact) mass is 303 g/mol. The van der Waals surface area contributed by atoms with Gasteiger partial charge in [-0.15, -0.1) is 0 Å². The SMILES string of the molecule is CCCC(=O)Nc1ccc(C(=O)COC(=O)C2CC2C)cc1. The third-order valence-corrected chi connectivity index (χ3v) is 3.73. The number of Topliss-reactive ketones (excluding diaryl/α,β-unsaturated/α-hetero) is 1. The van der Waals surface area contributed by atoms with E-state index in [4.69, 9.17) is 4.74 Å². The Morgan fingerprint density at radius 3 is 2.41 bits per heavy atom. The van der Waals surface area contributed by atoms with Gasteiger partial charge < -0.3 is 10.1 Å². The lowest BCUT2D eigenvalue weighted by atomic mass is 10.1. The minimum absolute atomic E-state index is 0.0380. The number of benzene rings is 1. The molecule has 5 nitrogen and oxygen atoms in total. The van der Waals surface area contributed by atoms with Gasteiger partial charge in [-0.3, -0.25) is 14.4 Å². The van der Waals surface area contributed by atoms with Crippen LogP contribution in [0.1, 0.15) is 43.5 Å². The molecule has 0 heterocycles. The summed E-state index contributed by atoms with van der Waals surface area (Å²) in [5.41, 5.74) is 1.11. The molecule has 1 aromatic rings. The summed E-state index contributed by atoms with van der Waals surface area (Å²) in [5, 5.41) is 2.75. The lowest BCUT2D eigenvalue weighted by Gasteiger charge is -2.06. The van der Waals surface area contributed by atoms with Crippen molar-refractivity contribution in [2.45, 2.75) is 33.1 Å². The van der Waals surface area contributed by atoms with Gasteiger partial charge in [0.2, 0.25) is 5.91 Å². The van der Waals surface area contributed by atoms with Crippen molar-refractivity contribution in [2.75, 3.05) is 11.9 Å². The second-order valence-corrected chi connectivity index (χ2v) is 5.73. The summed E-state index contributed by atoms with van der Waals surface area (Å²) >= 11 is 0. The summed E-state index contributed by atoms with van der Waals surface area (Å²) in [6.45, 7) is 3.69. The fourth-order valence-corrected chi connectivity index (χ4v) is 2.17. The molecule has 5 heteroatoms. The zero-order valence-corrected chi connectivity index (χ0v) is 12.9. The van der Waals surface area contributed by atoms with Gasteiger partial charge in [-0.2, -0.15) is 0 Å². The third kappa shape index (κ3) is 4.41. The zero-order valence-electron chi connectivity index (χ0n) is 12.9. The van der Waals surface area contributed by atoms with E-state index in [1.165, 1.54) is 0 Å². The van der Waals surface area contributed by atoms with Gasteiger partial charge in [0, 0.05) is 17.7 Å². The van der Waals surface area contributed by atoms with Crippen molar-refractivity contribution in [3.8, 4) is 0 Å². The number of carbonyl (C=O) groups is 3. The number of ether oxygens (including phenoxy) is 1. The van der Waals surface area contributed by atoms with Gasteiger partial charge in [0.15, 0.2) is 12.4 Å². The number of rotatable bonds is 7. The molecular weight excluding hydrogens is 282 g/mol.